The molecule has 0 aromatic carbocycles. The van der Waals surface area contributed by atoms with E-state index in [0.29, 0.717) is 10.8 Å². The van der Waals surface area contributed by atoms with Crippen LogP contribution < -0.4 is 0 Å². The van der Waals surface area contributed by atoms with Gasteiger partial charge in [0.15, 0.2) is 0 Å². The van der Waals surface area contributed by atoms with Gasteiger partial charge in [-0.3, -0.25) is 0 Å². The average molecular weight is 305 g/mol. The molecule has 2 unspecified atom stereocenters. The van der Waals surface area contributed by atoms with Crippen LogP contribution in [0.4, 0.5) is 0 Å². The third-order valence-corrected chi connectivity index (χ3v) is 9.36. The zero-order valence-electron chi connectivity index (χ0n) is 15.2. The van der Waals surface area contributed by atoms with E-state index < -0.39 is 0 Å². The molecular formula is C21H36O. The zero-order valence-corrected chi connectivity index (χ0v) is 15.2. The van der Waals surface area contributed by atoms with Gasteiger partial charge in [0.2, 0.25) is 0 Å². The molecule has 1 nitrogen and oxygen atoms in total. The van der Waals surface area contributed by atoms with Gasteiger partial charge in [0.1, 0.15) is 0 Å². The maximum atomic E-state index is 10.6. The van der Waals surface area contributed by atoms with E-state index in [4.69, 9.17) is 0 Å². The van der Waals surface area contributed by atoms with Gasteiger partial charge in [-0.2, -0.15) is 0 Å². The second-order valence-electron chi connectivity index (χ2n) is 10.5. The Labute approximate surface area is 137 Å². The van der Waals surface area contributed by atoms with Gasteiger partial charge in [-0.1, -0.05) is 34.1 Å². The Morgan fingerprint density at radius 1 is 0.773 bits per heavy atom. The van der Waals surface area contributed by atoms with E-state index in [-0.39, 0.29) is 11.5 Å². The molecule has 4 fully saturated rings. The monoisotopic (exact) mass is 304 g/mol. The van der Waals surface area contributed by atoms with Crippen LogP contribution in [0.15, 0.2) is 0 Å². The second-order valence-corrected chi connectivity index (χ2v) is 10.5. The Hall–Kier alpha value is -0.0400. The smallest absolute Gasteiger partial charge is 0.0594 e. The average Bonchev–Trinajstić information content (AvgIpc) is 2.85. The highest BCUT2D eigenvalue weighted by atomic mass is 16.3. The molecule has 1 N–H and O–H groups in total. The summed E-state index contributed by atoms with van der Waals surface area (Å²) in [5, 5.41) is 10.6. The van der Waals surface area contributed by atoms with Crippen LogP contribution in [0.1, 0.15) is 85.5 Å². The Balaban J connectivity index is 1.67. The lowest BCUT2D eigenvalue weighted by Crippen LogP contribution is -2.58. The lowest BCUT2D eigenvalue weighted by Gasteiger charge is -2.64. The summed E-state index contributed by atoms with van der Waals surface area (Å²) >= 11 is 0. The van der Waals surface area contributed by atoms with Crippen molar-refractivity contribution in [3.63, 3.8) is 0 Å². The van der Waals surface area contributed by atoms with E-state index in [9.17, 15) is 5.11 Å². The summed E-state index contributed by atoms with van der Waals surface area (Å²) in [6.45, 7) is 9.91. The van der Waals surface area contributed by atoms with E-state index in [0.717, 1.165) is 30.1 Å². The first kappa shape index (κ1) is 15.5. The largest absolute Gasteiger partial charge is 0.393 e. The molecule has 0 heterocycles. The fraction of sp³-hybridized carbons (Fsp3) is 1.00. The van der Waals surface area contributed by atoms with Crippen molar-refractivity contribution in [2.75, 3.05) is 0 Å². The van der Waals surface area contributed by atoms with Gasteiger partial charge >= 0.3 is 0 Å². The Bertz CT molecular complexity index is 455. The molecule has 0 spiro atoms. The normalized spacial score (nSPS) is 56.9. The van der Waals surface area contributed by atoms with Crippen molar-refractivity contribution in [1.29, 1.82) is 0 Å². The van der Waals surface area contributed by atoms with E-state index in [1.807, 2.05) is 0 Å². The molecule has 22 heavy (non-hydrogen) atoms. The number of rotatable bonds is 0. The van der Waals surface area contributed by atoms with E-state index in [2.05, 4.69) is 27.7 Å². The molecule has 0 aliphatic heterocycles. The van der Waals surface area contributed by atoms with Crippen LogP contribution in [0.2, 0.25) is 0 Å². The Kier molecular flexibility index (Phi) is 3.34. The highest BCUT2D eigenvalue weighted by Crippen LogP contribution is 2.68. The van der Waals surface area contributed by atoms with Gasteiger partial charge in [-0.05, 0) is 91.3 Å². The van der Waals surface area contributed by atoms with Gasteiger partial charge in [-0.15, -0.1) is 0 Å². The second kappa shape index (κ2) is 4.74. The van der Waals surface area contributed by atoms with Gasteiger partial charge in [0.05, 0.1) is 6.10 Å². The van der Waals surface area contributed by atoms with Crippen LogP contribution in [-0.2, 0) is 0 Å². The lowest BCUT2D eigenvalue weighted by molar-refractivity contribution is -0.175. The van der Waals surface area contributed by atoms with Crippen LogP contribution in [0.25, 0.3) is 0 Å². The molecule has 4 aliphatic rings. The van der Waals surface area contributed by atoms with Crippen molar-refractivity contribution < 1.29 is 5.11 Å². The number of fused-ring (bicyclic) bond motifs is 5. The molecule has 0 saturated heterocycles. The van der Waals surface area contributed by atoms with Crippen LogP contribution in [-0.4, -0.2) is 11.2 Å². The lowest BCUT2D eigenvalue weighted by atomic mass is 9.41. The predicted molar refractivity (Wildman–Crippen MR) is 91.5 cm³/mol. The third-order valence-electron chi connectivity index (χ3n) is 9.36. The molecule has 0 aromatic heterocycles. The summed E-state index contributed by atoms with van der Waals surface area (Å²) in [6, 6.07) is 0. The third kappa shape index (κ3) is 1.87. The minimum atomic E-state index is -0.0811. The highest BCUT2D eigenvalue weighted by Gasteiger charge is 2.61. The summed E-state index contributed by atoms with van der Waals surface area (Å²) in [5.41, 5.74) is 1.29. The van der Waals surface area contributed by atoms with Crippen LogP contribution in [0.5, 0.6) is 0 Å². The minimum absolute atomic E-state index is 0.0811. The molecule has 0 aromatic rings. The van der Waals surface area contributed by atoms with Crippen LogP contribution >= 0.6 is 0 Å². The van der Waals surface area contributed by atoms with Gasteiger partial charge < -0.3 is 5.11 Å². The van der Waals surface area contributed by atoms with E-state index in [1.54, 1.807) is 0 Å². The van der Waals surface area contributed by atoms with Gasteiger partial charge in [0.25, 0.3) is 0 Å². The maximum absolute atomic E-state index is 10.6. The number of hydrogen-bond acceptors (Lipinski definition) is 1. The first-order valence-electron chi connectivity index (χ1n) is 9.97. The maximum Gasteiger partial charge on any atom is 0.0594 e. The van der Waals surface area contributed by atoms with E-state index >= 15 is 0 Å². The van der Waals surface area contributed by atoms with Crippen molar-refractivity contribution in [3.8, 4) is 0 Å². The Morgan fingerprint density at radius 3 is 2.32 bits per heavy atom. The molecule has 0 amide bonds. The number of hydrogen-bond donors (Lipinski definition) is 1. The fourth-order valence-electron chi connectivity index (χ4n) is 8.08. The summed E-state index contributed by atoms with van der Waals surface area (Å²) in [7, 11) is 0. The Morgan fingerprint density at radius 2 is 1.55 bits per heavy atom. The van der Waals surface area contributed by atoms with Crippen molar-refractivity contribution in [3.05, 3.63) is 0 Å². The molecule has 1 heteroatoms. The van der Waals surface area contributed by atoms with Crippen molar-refractivity contribution in [2.24, 2.45) is 39.9 Å². The summed E-state index contributed by atoms with van der Waals surface area (Å²) in [4.78, 5) is 0. The van der Waals surface area contributed by atoms with Crippen LogP contribution in [0.3, 0.4) is 0 Å². The molecule has 7 atom stereocenters. The van der Waals surface area contributed by atoms with Crippen molar-refractivity contribution >= 4 is 0 Å². The van der Waals surface area contributed by atoms with Crippen molar-refractivity contribution in [1.82, 2.24) is 0 Å². The summed E-state index contributed by atoms with van der Waals surface area (Å²) < 4.78 is 0. The molecule has 4 rings (SSSR count). The van der Waals surface area contributed by atoms with Gasteiger partial charge in [-0.25, -0.2) is 0 Å². The number of aliphatic hydroxyl groups is 1. The van der Waals surface area contributed by atoms with E-state index in [1.165, 1.54) is 51.4 Å². The molecule has 126 valence electrons. The zero-order chi connectivity index (χ0) is 15.8. The number of aliphatic hydroxyl groups excluding tert-OH is 1. The van der Waals surface area contributed by atoms with Crippen molar-refractivity contribution in [2.45, 2.75) is 91.6 Å². The van der Waals surface area contributed by atoms with Gasteiger partial charge in [0, 0.05) is 0 Å². The molecule has 4 saturated carbocycles. The minimum Gasteiger partial charge on any atom is -0.393 e. The predicted octanol–water partition coefficient (Wildman–Crippen LogP) is 5.42. The SMILES string of the molecule is CC1(C)C(O)CC[C@@]2(C)C1CC[C@H]1[C@@H]3CCC[C@@]3(C)CC[C@@H]12. The molecule has 4 aliphatic carbocycles. The standard InChI is InChI=1S/C21H36O/c1-19(2)17-8-7-14-15-6-5-11-20(15,3)12-9-16(14)21(17,4)13-10-18(19)22/h14-18,22H,5-13H2,1-4H3/t14-,15-,16-,17?,18?,20-,21+/m0/s1. The molecule has 0 bridgehead atoms. The first-order valence-corrected chi connectivity index (χ1v) is 9.97. The highest BCUT2D eigenvalue weighted by molar-refractivity contribution is 5.10. The fourth-order valence-corrected chi connectivity index (χ4v) is 8.08. The topological polar surface area (TPSA) is 20.2 Å². The quantitative estimate of drug-likeness (QED) is 0.634. The molecular weight excluding hydrogens is 268 g/mol. The first-order chi connectivity index (χ1) is 10.3. The van der Waals surface area contributed by atoms with Crippen LogP contribution in [0, 0.1) is 39.9 Å². The summed E-state index contributed by atoms with van der Waals surface area (Å²) in [6.07, 6.45) is 12.5. The summed E-state index contributed by atoms with van der Waals surface area (Å²) in [5.74, 6) is 3.68. The molecule has 0 radical (unpaired) electrons.